The van der Waals surface area contributed by atoms with Crippen molar-refractivity contribution < 1.29 is 19.5 Å². The Bertz CT molecular complexity index is 1220. The van der Waals surface area contributed by atoms with Crippen LogP contribution in [0.2, 0.25) is 0 Å². The van der Waals surface area contributed by atoms with Crippen LogP contribution < -0.4 is 5.32 Å². The van der Waals surface area contributed by atoms with Crippen molar-refractivity contribution in [3.05, 3.63) is 58.5 Å². The highest BCUT2D eigenvalue weighted by Crippen LogP contribution is 2.34. The number of rotatable bonds is 7. The zero-order valence-electron chi connectivity index (χ0n) is 17.6. The summed E-state index contributed by atoms with van der Waals surface area (Å²) in [6, 6.07) is 12.1. The van der Waals surface area contributed by atoms with Crippen molar-refractivity contribution in [1.29, 1.82) is 0 Å². The largest absolute Gasteiger partial charge is 0.507 e. The van der Waals surface area contributed by atoms with Gasteiger partial charge in [0.2, 0.25) is 11.7 Å². The van der Waals surface area contributed by atoms with E-state index in [1.54, 1.807) is 36.4 Å². The molecule has 1 fully saturated rings. The van der Waals surface area contributed by atoms with Gasteiger partial charge in [-0.1, -0.05) is 12.1 Å². The van der Waals surface area contributed by atoms with Gasteiger partial charge in [-0.3, -0.25) is 19.3 Å². The number of amides is 3. The first-order chi connectivity index (χ1) is 15.9. The lowest BCUT2D eigenvalue weighted by Crippen LogP contribution is -2.29. The number of aryl methyl sites for hydroxylation is 1. The molecule has 2 heterocycles. The van der Waals surface area contributed by atoms with Gasteiger partial charge >= 0.3 is 0 Å². The molecule has 2 aromatic carbocycles. The number of phenolic OH excluding ortho intramolecular Hbond substituents is 1. The topological polar surface area (TPSA) is 141 Å². The highest BCUT2D eigenvalue weighted by Gasteiger charge is 2.34. The molecule has 0 unspecified atom stereocenters. The van der Waals surface area contributed by atoms with Crippen LogP contribution in [-0.2, 0) is 9.59 Å². The molecule has 1 aliphatic rings. The highest BCUT2D eigenvalue weighted by molar-refractivity contribution is 8.18. The summed E-state index contributed by atoms with van der Waals surface area (Å²) in [5.41, 5.74) is 2.72. The van der Waals surface area contributed by atoms with Gasteiger partial charge in [-0.2, -0.15) is 5.21 Å². The first kappa shape index (κ1) is 22.2. The van der Waals surface area contributed by atoms with Crippen molar-refractivity contribution >= 4 is 40.6 Å². The number of benzene rings is 2. The molecule has 0 aliphatic carbocycles. The van der Waals surface area contributed by atoms with E-state index < -0.39 is 11.1 Å². The van der Waals surface area contributed by atoms with Crippen LogP contribution in [0.25, 0.3) is 17.5 Å². The fourth-order valence-electron chi connectivity index (χ4n) is 3.22. The molecule has 0 atom stereocenters. The Morgan fingerprint density at radius 3 is 2.70 bits per heavy atom. The number of phenols is 1. The molecule has 0 radical (unpaired) electrons. The van der Waals surface area contributed by atoms with Crippen molar-refractivity contribution in [3.63, 3.8) is 0 Å². The number of nitrogens with zero attached hydrogens (tertiary/aromatic N) is 4. The van der Waals surface area contributed by atoms with Crippen molar-refractivity contribution in [2.75, 3.05) is 11.9 Å². The number of H-pyrrole nitrogens is 1. The summed E-state index contributed by atoms with van der Waals surface area (Å²) in [4.78, 5) is 38.5. The number of aromatic nitrogens is 4. The van der Waals surface area contributed by atoms with E-state index in [1.807, 2.05) is 13.0 Å². The molecule has 11 heteroatoms. The monoisotopic (exact) mass is 464 g/mol. The number of aromatic amines is 1. The zero-order chi connectivity index (χ0) is 23.4. The van der Waals surface area contributed by atoms with Crippen molar-refractivity contribution in [2.24, 2.45) is 0 Å². The predicted molar refractivity (Wildman–Crippen MR) is 123 cm³/mol. The summed E-state index contributed by atoms with van der Waals surface area (Å²) in [5.74, 6) is -0.155. The summed E-state index contributed by atoms with van der Waals surface area (Å²) in [7, 11) is 0. The maximum absolute atomic E-state index is 12.6. The summed E-state index contributed by atoms with van der Waals surface area (Å²) < 4.78 is 0. The molecule has 33 heavy (non-hydrogen) atoms. The molecular formula is C22H20N6O4S. The van der Waals surface area contributed by atoms with Gasteiger partial charge in [0.1, 0.15) is 5.75 Å². The fourth-order valence-corrected chi connectivity index (χ4v) is 4.07. The van der Waals surface area contributed by atoms with Gasteiger partial charge in [-0.25, -0.2) is 0 Å². The van der Waals surface area contributed by atoms with Crippen LogP contribution in [0.4, 0.5) is 10.5 Å². The van der Waals surface area contributed by atoms with Crippen LogP contribution in [0.5, 0.6) is 5.75 Å². The van der Waals surface area contributed by atoms with E-state index in [-0.39, 0.29) is 29.5 Å². The predicted octanol–water partition coefficient (Wildman–Crippen LogP) is 3.34. The zero-order valence-corrected chi connectivity index (χ0v) is 18.4. The molecule has 10 nitrogen and oxygen atoms in total. The van der Waals surface area contributed by atoms with Gasteiger partial charge in [0.15, 0.2) is 0 Å². The standard InChI is InChI=1S/C22H20N6O4S/c1-13-4-5-15(17(29)11-13)12-18-21(31)28(22(32)33-18)10-2-3-19(30)23-16-8-6-14(7-9-16)20-24-26-27-25-20/h4-9,11-12,29H,2-3,10H2,1H3,(H,23,30)(H,24,25,26,27)/b18-12-. The highest BCUT2D eigenvalue weighted by atomic mass is 32.2. The molecule has 0 bridgehead atoms. The molecule has 3 N–H and O–H groups in total. The van der Waals surface area contributed by atoms with Gasteiger partial charge in [-0.05, 0) is 72.3 Å². The van der Waals surface area contributed by atoms with Crippen molar-refractivity contribution in [3.8, 4) is 17.1 Å². The van der Waals surface area contributed by atoms with E-state index in [9.17, 15) is 19.5 Å². The van der Waals surface area contributed by atoms with Gasteiger partial charge in [0, 0.05) is 29.8 Å². The number of carbonyl (C=O) groups excluding carboxylic acids is 3. The summed E-state index contributed by atoms with van der Waals surface area (Å²) in [5, 5.41) is 26.1. The third kappa shape index (κ3) is 5.26. The minimum atomic E-state index is -0.428. The fraction of sp³-hybridized carbons (Fsp3) is 0.182. The average molecular weight is 465 g/mol. The van der Waals surface area contributed by atoms with Crippen LogP contribution in [-0.4, -0.2) is 54.2 Å². The number of carbonyl (C=O) groups is 3. The van der Waals surface area contributed by atoms with E-state index >= 15 is 0 Å². The molecular weight excluding hydrogens is 444 g/mol. The van der Waals surface area contributed by atoms with E-state index in [2.05, 4.69) is 25.9 Å². The molecule has 3 amide bonds. The Kier molecular flexibility index (Phi) is 6.50. The summed E-state index contributed by atoms with van der Waals surface area (Å²) >= 11 is 0.821. The Morgan fingerprint density at radius 2 is 2.00 bits per heavy atom. The van der Waals surface area contributed by atoms with E-state index in [4.69, 9.17) is 0 Å². The maximum Gasteiger partial charge on any atom is 0.293 e. The minimum Gasteiger partial charge on any atom is -0.507 e. The van der Waals surface area contributed by atoms with Crippen LogP contribution in [0.3, 0.4) is 0 Å². The average Bonchev–Trinajstić information content (AvgIpc) is 3.41. The number of hydrogen-bond donors (Lipinski definition) is 3. The first-order valence-electron chi connectivity index (χ1n) is 10.1. The second-order valence-electron chi connectivity index (χ2n) is 7.36. The molecule has 1 aromatic heterocycles. The lowest BCUT2D eigenvalue weighted by molar-refractivity contribution is -0.123. The third-order valence-corrected chi connectivity index (χ3v) is 5.81. The minimum absolute atomic E-state index is 0.0452. The molecule has 1 saturated heterocycles. The molecule has 4 rings (SSSR count). The Balaban J connectivity index is 1.29. The Labute approximate surface area is 193 Å². The lowest BCUT2D eigenvalue weighted by atomic mass is 10.1. The Hall–Kier alpha value is -3.99. The SMILES string of the molecule is Cc1ccc(/C=C2\SC(=O)N(CCCC(=O)Nc3ccc(-c4nn[nH]n4)cc3)C2=O)c(O)c1. The first-order valence-corrected chi connectivity index (χ1v) is 10.9. The van der Waals surface area contributed by atoms with Crippen molar-refractivity contribution in [1.82, 2.24) is 25.5 Å². The van der Waals surface area contributed by atoms with E-state index in [0.29, 0.717) is 23.5 Å². The number of tetrazole rings is 1. The van der Waals surface area contributed by atoms with E-state index in [0.717, 1.165) is 27.8 Å². The molecule has 0 spiro atoms. The molecule has 168 valence electrons. The summed E-state index contributed by atoms with van der Waals surface area (Å²) in [6.07, 6.45) is 1.98. The number of imide groups is 1. The molecule has 0 saturated carbocycles. The third-order valence-electron chi connectivity index (χ3n) is 4.90. The van der Waals surface area contributed by atoms with Crippen LogP contribution in [0.1, 0.15) is 24.0 Å². The van der Waals surface area contributed by atoms with E-state index in [1.165, 1.54) is 6.08 Å². The maximum atomic E-state index is 12.6. The smallest absolute Gasteiger partial charge is 0.293 e. The molecule has 3 aromatic rings. The summed E-state index contributed by atoms with van der Waals surface area (Å²) in [6.45, 7) is 1.98. The number of aromatic hydroxyl groups is 1. The second-order valence-corrected chi connectivity index (χ2v) is 8.35. The van der Waals surface area contributed by atoms with Crippen molar-refractivity contribution in [2.45, 2.75) is 19.8 Å². The van der Waals surface area contributed by atoms with Gasteiger partial charge in [-0.15, -0.1) is 10.2 Å². The molecule has 1 aliphatic heterocycles. The number of nitrogens with one attached hydrogen (secondary N) is 2. The number of hydrogen-bond acceptors (Lipinski definition) is 8. The van der Waals surface area contributed by atoms with Crippen LogP contribution in [0, 0.1) is 6.92 Å². The number of anilines is 1. The quantitative estimate of drug-likeness (QED) is 0.452. The lowest BCUT2D eigenvalue weighted by Gasteiger charge is -2.12. The van der Waals surface area contributed by atoms with Gasteiger partial charge < -0.3 is 10.4 Å². The van der Waals surface area contributed by atoms with Crippen LogP contribution in [0.15, 0.2) is 47.4 Å². The van der Waals surface area contributed by atoms with Gasteiger partial charge in [0.05, 0.1) is 4.91 Å². The van der Waals surface area contributed by atoms with Gasteiger partial charge in [0.25, 0.3) is 11.1 Å². The normalized spacial score (nSPS) is 14.8. The Morgan fingerprint density at radius 1 is 1.21 bits per heavy atom. The second kappa shape index (κ2) is 9.65. The number of thioether (sulfide) groups is 1. The van der Waals surface area contributed by atoms with Crippen LogP contribution >= 0.6 is 11.8 Å².